The molecule has 0 aliphatic rings. The molecule has 6 heteroatoms. The van der Waals surface area contributed by atoms with E-state index in [9.17, 15) is 13.0 Å². The SMILES string of the molecule is O=S(=O)([O-])c1cccc(S)c1.[Na+]. The van der Waals surface area contributed by atoms with Gasteiger partial charge in [0.05, 0.1) is 4.90 Å². The van der Waals surface area contributed by atoms with Gasteiger partial charge in [0.25, 0.3) is 0 Å². The third-order valence-corrected chi connectivity index (χ3v) is 2.22. The number of rotatable bonds is 1. The summed E-state index contributed by atoms with van der Waals surface area (Å²) in [5.74, 6) is 0. The molecular formula is C6H5NaO3S2. The molecule has 0 saturated heterocycles. The zero-order valence-electron chi connectivity index (χ0n) is 6.39. The molecule has 12 heavy (non-hydrogen) atoms. The topological polar surface area (TPSA) is 57.2 Å². The fourth-order valence-corrected chi connectivity index (χ4v) is 1.47. The normalized spacial score (nSPS) is 10.5. The predicted molar refractivity (Wildman–Crippen MR) is 41.7 cm³/mol. The maximum atomic E-state index is 10.4. The largest absolute Gasteiger partial charge is 1.00 e. The number of hydrogen-bond donors (Lipinski definition) is 1. The maximum Gasteiger partial charge on any atom is 1.00 e. The fourth-order valence-electron chi connectivity index (χ4n) is 0.639. The Bertz CT molecular complexity index is 361. The number of hydrogen-bond acceptors (Lipinski definition) is 4. The van der Waals surface area contributed by atoms with Gasteiger partial charge in [0.1, 0.15) is 10.1 Å². The van der Waals surface area contributed by atoms with Crippen LogP contribution in [0.2, 0.25) is 0 Å². The minimum atomic E-state index is -4.32. The van der Waals surface area contributed by atoms with E-state index in [1.807, 2.05) is 0 Å². The van der Waals surface area contributed by atoms with Gasteiger partial charge in [-0.2, -0.15) is 0 Å². The third-order valence-electron chi connectivity index (χ3n) is 1.11. The molecule has 0 saturated carbocycles. The average Bonchev–Trinajstić information content (AvgIpc) is 1.86. The van der Waals surface area contributed by atoms with Crippen molar-refractivity contribution in [2.45, 2.75) is 9.79 Å². The van der Waals surface area contributed by atoms with Crippen molar-refractivity contribution in [1.82, 2.24) is 0 Å². The molecule has 0 aliphatic heterocycles. The van der Waals surface area contributed by atoms with Crippen LogP contribution in [0.15, 0.2) is 34.1 Å². The first-order valence-corrected chi connectivity index (χ1v) is 4.60. The van der Waals surface area contributed by atoms with Crippen LogP contribution in [-0.2, 0) is 10.1 Å². The van der Waals surface area contributed by atoms with Crippen molar-refractivity contribution in [3.63, 3.8) is 0 Å². The smallest absolute Gasteiger partial charge is 0.744 e. The van der Waals surface area contributed by atoms with Gasteiger partial charge >= 0.3 is 29.6 Å². The van der Waals surface area contributed by atoms with Crippen LogP contribution in [-0.4, -0.2) is 13.0 Å². The summed E-state index contributed by atoms with van der Waals surface area (Å²) in [6.45, 7) is 0. The van der Waals surface area contributed by atoms with Gasteiger partial charge in [-0.15, -0.1) is 12.6 Å². The van der Waals surface area contributed by atoms with Crippen LogP contribution in [0.4, 0.5) is 0 Å². The van der Waals surface area contributed by atoms with Crippen molar-refractivity contribution in [2.24, 2.45) is 0 Å². The molecule has 0 heterocycles. The molecule has 1 aromatic rings. The monoisotopic (exact) mass is 212 g/mol. The molecule has 0 atom stereocenters. The van der Waals surface area contributed by atoms with Crippen LogP contribution in [0.5, 0.6) is 0 Å². The summed E-state index contributed by atoms with van der Waals surface area (Å²) >= 11 is 3.88. The van der Waals surface area contributed by atoms with Crippen molar-refractivity contribution in [2.75, 3.05) is 0 Å². The van der Waals surface area contributed by atoms with E-state index >= 15 is 0 Å². The molecule has 0 bridgehead atoms. The van der Waals surface area contributed by atoms with E-state index in [1.54, 1.807) is 6.07 Å². The van der Waals surface area contributed by atoms with Crippen LogP contribution in [0.3, 0.4) is 0 Å². The van der Waals surface area contributed by atoms with Crippen molar-refractivity contribution in [1.29, 1.82) is 0 Å². The second-order valence-electron chi connectivity index (χ2n) is 1.95. The zero-order valence-corrected chi connectivity index (χ0v) is 10.1. The summed E-state index contributed by atoms with van der Waals surface area (Å²) < 4.78 is 31.2. The Morgan fingerprint density at radius 2 is 1.92 bits per heavy atom. The Labute approximate surface area is 98.6 Å². The van der Waals surface area contributed by atoms with Gasteiger partial charge in [-0.25, -0.2) is 8.42 Å². The molecule has 0 unspecified atom stereocenters. The molecule has 0 fully saturated rings. The summed E-state index contributed by atoms with van der Waals surface area (Å²) in [6, 6.07) is 5.51. The Morgan fingerprint density at radius 1 is 1.33 bits per heavy atom. The van der Waals surface area contributed by atoms with Crippen LogP contribution < -0.4 is 29.6 Å². The molecular weight excluding hydrogens is 207 g/mol. The van der Waals surface area contributed by atoms with Crippen LogP contribution >= 0.6 is 12.6 Å². The Balaban J connectivity index is 0.00000121. The average molecular weight is 212 g/mol. The van der Waals surface area contributed by atoms with E-state index < -0.39 is 10.1 Å². The van der Waals surface area contributed by atoms with Crippen molar-refractivity contribution in [3.8, 4) is 0 Å². The molecule has 0 amide bonds. The van der Waals surface area contributed by atoms with Crippen molar-refractivity contribution < 1.29 is 42.5 Å². The van der Waals surface area contributed by atoms with E-state index in [-0.39, 0.29) is 34.5 Å². The van der Waals surface area contributed by atoms with Crippen LogP contribution in [0, 0.1) is 0 Å². The Morgan fingerprint density at radius 3 is 2.25 bits per heavy atom. The van der Waals surface area contributed by atoms with E-state index in [1.165, 1.54) is 18.2 Å². The third kappa shape index (κ3) is 3.47. The molecule has 60 valence electrons. The van der Waals surface area contributed by atoms with E-state index in [0.29, 0.717) is 4.90 Å². The van der Waals surface area contributed by atoms with Gasteiger partial charge < -0.3 is 4.55 Å². The summed E-state index contributed by atoms with van der Waals surface area (Å²) in [6.07, 6.45) is 0. The standard InChI is InChI=1S/C6H6O3S2.Na/c7-11(8,9)6-3-1-2-5(10)4-6;/h1-4,10H,(H,7,8,9);/q;+1/p-1. The summed E-state index contributed by atoms with van der Waals surface area (Å²) in [4.78, 5) is 0.215. The van der Waals surface area contributed by atoms with Gasteiger partial charge in [0.2, 0.25) is 0 Å². The molecule has 0 aliphatic carbocycles. The van der Waals surface area contributed by atoms with Crippen LogP contribution in [0.1, 0.15) is 0 Å². The van der Waals surface area contributed by atoms with Gasteiger partial charge in [-0.05, 0) is 18.2 Å². The number of benzene rings is 1. The molecule has 1 rings (SSSR count). The summed E-state index contributed by atoms with van der Waals surface area (Å²) in [5.41, 5.74) is 0. The first kappa shape index (κ1) is 12.5. The van der Waals surface area contributed by atoms with Gasteiger partial charge in [-0.1, -0.05) is 6.07 Å². The second-order valence-corrected chi connectivity index (χ2v) is 3.85. The van der Waals surface area contributed by atoms with E-state index in [2.05, 4.69) is 12.6 Å². The predicted octanol–water partition coefficient (Wildman–Crippen LogP) is -2.12. The molecule has 1 aromatic carbocycles. The molecule has 0 radical (unpaired) electrons. The Kier molecular flexibility index (Phi) is 4.83. The minimum absolute atomic E-state index is 0. The fraction of sp³-hybridized carbons (Fsp3) is 0. The van der Waals surface area contributed by atoms with Gasteiger partial charge in [0, 0.05) is 4.90 Å². The second kappa shape index (κ2) is 4.64. The summed E-state index contributed by atoms with van der Waals surface area (Å²) in [5, 5.41) is 0. The molecule has 3 nitrogen and oxygen atoms in total. The van der Waals surface area contributed by atoms with E-state index in [4.69, 9.17) is 0 Å². The Hall–Kier alpha value is 0.480. The van der Waals surface area contributed by atoms with Gasteiger partial charge in [-0.3, -0.25) is 0 Å². The molecule has 0 aromatic heterocycles. The summed E-state index contributed by atoms with van der Waals surface area (Å²) in [7, 11) is -4.32. The van der Waals surface area contributed by atoms with Gasteiger partial charge in [0.15, 0.2) is 0 Å². The maximum absolute atomic E-state index is 10.4. The first-order chi connectivity index (χ1) is 5.00. The van der Waals surface area contributed by atoms with Crippen LogP contribution in [0.25, 0.3) is 0 Å². The molecule has 0 spiro atoms. The quantitative estimate of drug-likeness (QED) is 0.329. The zero-order chi connectivity index (χ0) is 8.48. The number of thiol groups is 1. The van der Waals surface area contributed by atoms with Crippen molar-refractivity contribution >= 4 is 22.7 Å². The molecule has 0 N–H and O–H groups in total. The minimum Gasteiger partial charge on any atom is -0.744 e. The first-order valence-electron chi connectivity index (χ1n) is 2.75. The van der Waals surface area contributed by atoms with Crippen molar-refractivity contribution in [3.05, 3.63) is 24.3 Å². The van der Waals surface area contributed by atoms with E-state index in [0.717, 1.165) is 0 Å².